The lowest BCUT2D eigenvalue weighted by atomic mass is 10.0. The minimum absolute atomic E-state index is 0.0572. The van der Waals surface area contributed by atoms with Gasteiger partial charge in [-0.25, -0.2) is 0 Å². The first-order valence-electron chi connectivity index (χ1n) is 10.7. The zero-order valence-corrected chi connectivity index (χ0v) is 17.6. The predicted octanol–water partition coefficient (Wildman–Crippen LogP) is 2.69. The Morgan fingerprint density at radius 2 is 1.80 bits per heavy atom. The molecule has 0 aliphatic carbocycles. The van der Waals surface area contributed by atoms with Crippen LogP contribution in [0.5, 0.6) is 0 Å². The van der Waals surface area contributed by atoms with Crippen molar-refractivity contribution >= 4 is 11.6 Å². The minimum atomic E-state index is -4.41. The molecule has 0 aromatic heterocycles. The van der Waals surface area contributed by atoms with E-state index in [0.29, 0.717) is 44.5 Å². The van der Waals surface area contributed by atoms with Gasteiger partial charge in [0.1, 0.15) is 0 Å². The van der Waals surface area contributed by atoms with Crippen LogP contribution in [0.15, 0.2) is 23.2 Å². The first kappa shape index (κ1) is 22.7. The Balaban J connectivity index is 1.58. The molecule has 0 spiro atoms. The molecule has 0 unspecified atom stereocenters. The van der Waals surface area contributed by atoms with Gasteiger partial charge in [0.05, 0.1) is 18.8 Å². The smallest absolute Gasteiger partial charge is 0.378 e. The molecule has 2 heterocycles. The summed E-state index contributed by atoms with van der Waals surface area (Å²) in [4.78, 5) is 8.47. The summed E-state index contributed by atoms with van der Waals surface area (Å²) < 4.78 is 46.4. The fourth-order valence-corrected chi connectivity index (χ4v) is 3.92. The lowest BCUT2D eigenvalue weighted by Crippen LogP contribution is -2.42. The maximum Gasteiger partial charge on any atom is 0.416 e. The van der Waals surface area contributed by atoms with E-state index in [9.17, 15) is 13.2 Å². The average molecular weight is 428 g/mol. The number of nitrogens with one attached hydrogen (secondary N) is 2. The van der Waals surface area contributed by atoms with Gasteiger partial charge < -0.3 is 25.2 Å². The second-order valence-corrected chi connectivity index (χ2v) is 7.69. The molecule has 3 rings (SSSR count). The largest absolute Gasteiger partial charge is 0.416 e. The summed E-state index contributed by atoms with van der Waals surface area (Å²) in [5.74, 6) is 0.511. The molecular weight excluding hydrogens is 395 g/mol. The van der Waals surface area contributed by atoms with Gasteiger partial charge in [-0.3, -0.25) is 4.99 Å². The maximum atomic E-state index is 13.7. The Labute approximate surface area is 176 Å². The van der Waals surface area contributed by atoms with Gasteiger partial charge in [-0.2, -0.15) is 13.2 Å². The number of halogens is 3. The summed E-state index contributed by atoms with van der Waals surface area (Å²) in [6.07, 6.45) is -0.662. The number of likely N-dealkylation sites (tertiary alicyclic amines) is 1. The minimum Gasteiger partial charge on any atom is -0.378 e. The highest BCUT2D eigenvalue weighted by Gasteiger charge is 2.34. The summed E-state index contributed by atoms with van der Waals surface area (Å²) in [7, 11) is 1.63. The van der Waals surface area contributed by atoms with Gasteiger partial charge in [-0.15, -0.1) is 0 Å². The third-order valence-corrected chi connectivity index (χ3v) is 5.61. The number of benzene rings is 1. The van der Waals surface area contributed by atoms with Crippen molar-refractivity contribution in [3.05, 3.63) is 29.3 Å². The molecule has 30 heavy (non-hydrogen) atoms. The third-order valence-electron chi connectivity index (χ3n) is 5.61. The van der Waals surface area contributed by atoms with Crippen LogP contribution in [0.25, 0.3) is 0 Å². The molecule has 0 saturated carbocycles. The van der Waals surface area contributed by atoms with Crippen molar-refractivity contribution in [3.8, 4) is 0 Å². The highest BCUT2D eigenvalue weighted by molar-refractivity contribution is 5.79. The molecular formula is C21H32F3N5O. The molecule has 0 bridgehead atoms. The molecule has 168 valence electrons. The Morgan fingerprint density at radius 1 is 1.07 bits per heavy atom. The number of morpholine rings is 1. The van der Waals surface area contributed by atoms with Crippen molar-refractivity contribution in [3.63, 3.8) is 0 Å². The van der Waals surface area contributed by atoms with Crippen LogP contribution in [0.3, 0.4) is 0 Å². The molecule has 0 atom stereocenters. The van der Waals surface area contributed by atoms with Crippen LogP contribution in [-0.2, 0) is 17.5 Å². The molecule has 9 heteroatoms. The average Bonchev–Trinajstić information content (AvgIpc) is 2.76. The quantitative estimate of drug-likeness (QED) is 0.540. The van der Waals surface area contributed by atoms with E-state index >= 15 is 0 Å². The fourth-order valence-electron chi connectivity index (χ4n) is 3.92. The highest BCUT2D eigenvalue weighted by Crippen LogP contribution is 2.35. The second-order valence-electron chi connectivity index (χ2n) is 7.69. The molecule has 1 aromatic carbocycles. The van der Waals surface area contributed by atoms with Gasteiger partial charge in [0.2, 0.25) is 0 Å². The van der Waals surface area contributed by atoms with Crippen LogP contribution >= 0.6 is 0 Å². The topological polar surface area (TPSA) is 52.1 Å². The second kappa shape index (κ2) is 10.9. The summed E-state index contributed by atoms with van der Waals surface area (Å²) in [5, 5.41) is 6.22. The van der Waals surface area contributed by atoms with Crippen LogP contribution in [0, 0.1) is 0 Å². The molecule has 0 radical (unpaired) electrons. The summed E-state index contributed by atoms with van der Waals surface area (Å²) in [5.41, 5.74) is 0.180. The van der Waals surface area contributed by atoms with Crippen molar-refractivity contribution < 1.29 is 17.9 Å². The SMILES string of the molecule is CN=C(NCCN1CCCCC1)NCc1ccc(N2CCOCC2)cc1C(F)(F)F. The van der Waals surface area contributed by atoms with E-state index in [1.165, 1.54) is 25.3 Å². The van der Waals surface area contributed by atoms with Crippen molar-refractivity contribution in [2.45, 2.75) is 32.0 Å². The van der Waals surface area contributed by atoms with Crippen molar-refractivity contribution in [1.82, 2.24) is 15.5 Å². The monoisotopic (exact) mass is 427 g/mol. The zero-order valence-electron chi connectivity index (χ0n) is 17.6. The van der Waals surface area contributed by atoms with Crippen LogP contribution in [0.4, 0.5) is 18.9 Å². The van der Waals surface area contributed by atoms with Gasteiger partial charge in [0.25, 0.3) is 0 Å². The van der Waals surface area contributed by atoms with Gasteiger partial charge in [-0.05, 0) is 43.6 Å². The maximum absolute atomic E-state index is 13.7. The van der Waals surface area contributed by atoms with E-state index < -0.39 is 11.7 Å². The molecule has 2 aliphatic rings. The number of guanidine groups is 1. The van der Waals surface area contributed by atoms with E-state index in [-0.39, 0.29) is 12.1 Å². The number of nitrogens with zero attached hydrogens (tertiary/aromatic N) is 3. The van der Waals surface area contributed by atoms with Crippen molar-refractivity contribution in [2.24, 2.45) is 4.99 Å². The predicted molar refractivity (Wildman–Crippen MR) is 113 cm³/mol. The van der Waals surface area contributed by atoms with E-state index in [1.54, 1.807) is 19.2 Å². The number of rotatable bonds is 6. The number of hydrogen-bond acceptors (Lipinski definition) is 4. The standard InChI is InChI=1S/C21H32F3N5O/c1-25-20(26-7-10-28-8-3-2-4-9-28)27-16-17-5-6-18(15-19(17)21(22,23)24)29-11-13-30-14-12-29/h5-6,15H,2-4,7-14,16H2,1H3,(H2,25,26,27). The first-order valence-corrected chi connectivity index (χ1v) is 10.7. The number of piperidine rings is 1. The Hall–Kier alpha value is -2.00. The van der Waals surface area contributed by atoms with Gasteiger partial charge >= 0.3 is 6.18 Å². The third kappa shape index (κ3) is 6.50. The van der Waals surface area contributed by atoms with E-state index in [4.69, 9.17) is 4.74 Å². The molecule has 0 amide bonds. The van der Waals surface area contributed by atoms with Crippen LogP contribution in [0.1, 0.15) is 30.4 Å². The number of aliphatic imine (C=N–C) groups is 1. The number of alkyl halides is 3. The number of hydrogen-bond donors (Lipinski definition) is 2. The summed E-state index contributed by atoms with van der Waals surface area (Å²) >= 11 is 0. The summed E-state index contributed by atoms with van der Waals surface area (Å²) in [6, 6.07) is 4.56. The number of ether oxygens (including phenoxy) is 1. The molecule has 6 nitrogen and oxygen atoms in total. The highest BCUT2D eigenvalue weighted by atomic mass is 19.4. The van der Waals surface area contributed by atoms with E-state index in [1.807, 2.05) is 4.90 Å². The Bertz CT molecular complexity index is 698. The Morgan fingerprint density at radius 3 is 2.47 bits per heavy atom. The van der Waals surface area contributed by atoms with Crippen molar-refractivity contribution in [1.29, 1.82) is 0 Å². The molecule has 2 aliphatic heterocycles. The van der Waals surface area contributed by atoms with Gasteiger partial charge in [0, 0.05) is 45.5 Å². The van der Waals surface area contributed by atoms with Gasteiger partial charge in [-0.1, -0.05) is 12.5 Å². The normalized spacial score (nSPS) is 19.1. The molecule has 2 fully saturated rings. The van der Waals surface area contributed by atoms with E-state index in [0.717, 1.165) is 19.6 Å². The van der Waals surface area contributed by atoms with Crippen LogP contribution in [0.2, 0.25) is 0 Å². The lowest BCUT2D eigenvalue weighted by Gasteiger charge is -2.30. The van der Waals surface area contributed by atoms with E-state index in [2.05, 4.69) is 20.5 Å². The summed E-state index contributed by atoms with van der Waals surface area (Å²) in [6.45, 7) is 6.15. The molecule has 2 saturated heterocycles. The fraction of sp³-hybridized carbons (Fsp3) is 0.667. The van der Waals surface area contributed by atoms with Crippen LogP contribution in [-0.4, -0.2) is 70.4 Å². The Kier molecular flexibility index (Phi) is 8.21. The van der Waals surface area contributed by atoms with Crippen molar-refractivity contribution in [2.75, 3.05) is 64.4 Å². The van der Waals surface area contributed by atoms with Gasteiger partial charge in [0.15, 0.2) is 5.96 Å². The number of anilines is 1. The lowest BCUT2D eigenvalue weighted by molar-refractivity contribution is -0.138. The molecule has 1 aromatic rings. The molecule has 2 N–H and O–H groups in total. The first-order chi connectivity index (χ1) is 14.5. The zero-order chi connectivity index (χ0) is 21.4. The van der Waals surface area contributed by atoms with Crippen LogP contribution < -0.4 is 15.5 Å².